The van der Waals surface area contributed by atoms with E-state index in [0.29, 0.717) is 0 Å². The maximum absolute atomic E-state index is 10.6. The predicted octanol–water partition coefficient (Wildman–Crippen LogP) is 3.91. The minimum Gasteiger partial charge on any atom is -0.387 e. The van der Waals surface area contributed by atoms with Crippen LogP contribution in [0.25, 0.3) is 0 Å². The quantitative estimate of drug-likeness (QED) is 0.904. The Morgan fingerprint density at radius 2 is 1.45 bits per heavy atom. The van der Waals surface area contributed by atoms with Gasteiger partial charge in [-0.25, -0.2) is 0 Å². The molecule has 1 aromatic carbocycles. The molecule has 1 N–H and O–H groups in total. The van der Waals surface area contributed by atoms with E-state index in [4.69, 9.17) is 0 Å². The summed E-state index contributed by atoms with van der Waals surface area (Å²) in [5.74, 6) is 0. The van der Waals surface area contributed by atoms with E-state index in [1.165, 1.54) is 48.8 Å². The lowest BCUT2D eigenvalue weighted by atomic mass is 9.95. The molecule has 1 atom stereocenters. The summed E-state index contributed by atoms with van der Waals surface area (Å²) in [5.41, 5.74) is 4.86. The Morgan fingerprint density at radius 1 is 0.950 bits per heavy atom. The summed E-state index contributed by atoms with van der Waals surface area (Å²) in [6.45, 7) is 9.42. The maximum atomic E-state index is 10.6. The second-order valence-corrected chi connectivity index (χ2v) is 6.40. The lowest BCUT2D eigenvalue weighted by Crippen LogP contribution is -2.32. The van der Waals surface area contributed by atoms with E-state index in [1.54, 1.807) is 0 Å². The van der Waals surface area contributed by atoms with Crippen LogP contribution in [-0.2, 0) is 0 Å². The number of nitrogens with zero attached hydrogens (tertiary/aromatic N) is 1. The van der Waals surface area contributed by atoms with E-state index >= 15 is 0 Å². The highest BCUT2D eigenvalue weighted by molar-refractivity contribution is 5.39. The van der Waals surface area contributed by atoms with Crippen molar-refractivity contribution in [1.29, 1.82) is 0 Å². The van der Waals surface area contributed by atoms with Gasteiger partial charge in [0.05, 0.1) is 6.10 Å². The van der Waals surface area contributed by atoms with Gasteiger partial charge in [-0.15, -0.1) is 0 Å². The molecule has 2 rings (SSSR count). The average molecular weight is 275 g/mol. The van der Waals surface area contributed by atoms with Crippen LogP contribution in [0.3, 0.4) is 0 Å². The number of β-amino-alcohol motifs (C(OH)–C–C–N with tert-alkyl or cyclic N) is 1. The number of aliphatic hydroxyl groups is 1. The van der Waals surface area contributed by atoms with Crippen molar-refractivity contribution in [3.05, 3.63) is 34.4 Å². The topological polar surface area (TPSA) is 23.5 Å². The lowest BCUT2D eigenvalue weighted by molar-refractivity contribution is 0.107. The molecule has 0 radical (unpaired) electrons. The first kappa shape index (κ1) is 15.5. The van der Waals surface area contributed by atoms with Crippen LogP contribution in [0.1, 0.15) is 60.5 Å². The van der Waals surface area contributed by atoms with Crippen molar-refractivity contribution >= 4 is 0 Å². The molecular weight excluding hydrogens is 246 g/mol. The molecule has 1 saturated heterocycles. The van der Waals surface area contributed by atoms with Gasteiger partial charge in [-0.3, -0.25) is 0 Å². The minimum atomic E-state index is -0.352. The number of hydrogen-bond donors (Lipinski definition) is 1. The van der Waals surface area contributed by atoms with Crippen molar-refractivity contribution in [3.63, 3.8) is 0 Å². The Labute approximate surface area is 123 Å². The molecule has 2 heteroatoms. The zero-order chi connectivity index (χ0) is 14.5. The molecule has 0 amide bonds. The smallest absolute Gasteiger partial charge is 0.0922 e. The second kappa shape index (κ2) is 7.24. The van der Waals surface area contributed by atoms with Crippen molar-refractivity contribution in [2.45, 2.75) is 59.0 Å². The highest BCUT2D eigenvalue weighted by Crippen LogP contribution is 2.25. The van der Waals surface area contributed by atoms with Crippen molar-refractivity contribution in [1.82, 2.24) is 4.90 Å². The van der Waals surface area contributed by atoms with Crippen molar-refractivity contribution < 1.29 is 5.11 Å². The number of likely N-dealkylation sites (tertiary alicyclic amines) is 1. The predicted molar refractivity (Wildman–Crippen MR) is 85.1 cm³/mol. The zero-order valence-corrected chi connectivity index (χ0v) is 13.3. The Kier molecular flexibility index (Phi) is 5.62. The molecule has 0 spiro atoms. The summed E-state index contributed by atoms with van der Waals surface area (Å²) in [4.78, 5) is 2.45. The Hall–Kier alpha value is -0.860. The number of aryl methyl sites for hydroxylation is 3. The number of hydrogen-bond acceptors (Lipinski definition) is 2. The highest BCUT2D eigenvalue weighted by atomic mass is 16.3. The van der Waals surface area contributed by atoms with Crippen LogP contribution < -0.4 is 0 Å². The molecule has 2 nitrogen and oxygen atoms in total. The van der Waals surface area contributed by atoms with E-state index in [1.807, 2.05) is 0 Å². The van der Waals surface area contributed by atoms with E-state index < -0.39 is 0 Å². The molecule has 1 heterocycles. The molecule has 1 aliphatic heterocycles. The monoisotopic (exact) mass is 275 g/mol. The van der Waals surface area contributed by atoms with Gasteiger partial charge in [0.25, 0.3) is 0 Å². The normalized spacial score (nSPS) is 19.4. The van der Waals surface area contributed by atoms with Gasteiger partial charge in [-0.05, 0) is 63.4 Å². The van der Waals surface area contributed by atoms with Gasteiger partial charge >= 0.3 is 0 Å². The van der Waals surface area contributed by atoms with E-state index in [0.717, 1.165) is 25.2 Å². The first-order valence-corrected chi connectivity index (χ1v) is 8.06. The van der Waals surface area contributed by atoms with E-state index in [9.17, 15) is 5.11 Å². The fourth-order valence-electron chi connectivity index (χ4n) is 3.55. The van der Waals surface area contributed by atoms with Crippen LogP contribution in [-0.4, -0.2) is 29.6 Å². The van der Waals surface area contributed by atoms with Crippen LogP contribution in [0.2, 0.25) is 0 Å². The van der Waals surface area contributed by atoms with Gasteiger partial charge in [-0.2, -0.15) is 0 Å². The van der Waals surface area contributed by atoms with Gasteiger partial charge in [-0.1, -0.05) is 37.0 Å². The van der Waals surface area contributed by atoms with Crippen molar-refractivity contribution in [2.75, 3.05) is 19.6 Å². The first-order valence-electron chi connectivity index (χ1n) is 8.06. The molecule has 0 bridgehead atoms. The SMILES string of the molecule is Cc1cc(C)c(C(O)CN2CCCCCCC2)c(C)c1. The van der Waals surface area contributed by atoms with Gasteiger partial charge in [0, 0.05) is 6.54 Å². The summed E-state index contributed by atoms with van der Waals surface area (Å²) in [5, 5.41) is 10.6. The molecule has 0 saturated carbocycles. The second-order valence-electron chi connectivity index (χ2n) is 6.40. The Morgan fingerprint density at radius 3 is 2.00 bits per heavy atom. The van der Waals surface area contributed by atoms with Crippen LogP contribution in [0.4, 0.5) is 0 Å². The van der Waals surface area contributed by atoms with Gasteiger partial charge in [0.2, 0.25) is 0 Å². The van der Waals surface area contributed by atoms with Crippen LogP contribution in [0.15, 0.2) is 12.1 Å². The van der Waals surface area contributed by atoms with Crippen LogP contribution >= 0.6 is 0 Å². The molecule has 112 valence electrons. The summed E-state index contributed by atoms with van der Waals surface area (Å²) >= 11 is 0. The lowest BCUT2D eigenvalue weighted by Gasteiger charge is -2.28. The molecule has 1 fully saturated rings. The average Bonchev–Trinajstić information content (AvgIpc) is 2.31. The first-order chi connectivity index (χ1) is 9.58. The summed E-state index contributed by atoms with van der Waals surface area (Å²) in [6.07, 6.45) is 6.27. The third-order valence-electron chi connectivity index (χ3n) is 4.45. The van der Waals surface area contributed by atoms with Crippen LogP contribution in [0, 0.1) is 20.8 Å². The summed E-state index contributed by atoms with van der Waals surface area (Å²) in [7, 11) is 0. The molecule has 1 aromatic rings. The number of rotatable bonds is 3. The Balaban J connectivity index is 2.05. The van der Waals surface area contributed by atoms with Crippen molar-refractivity contribution in [2.24, 2.45) is 0 Å². The number of benzene rings is 1. The van der Waals surface area contributed by atoms with E-state index in [-0.39, 0.29) is 6.10 Å². The largest absolute Gasteiger partial charge is 0.387 e. The van der Waals surface area contributed by atoms with Gasteiger partial charge in [0.1, 0.15) is 0 Å². The van der Waals surface area contributed by atoms with Crippen molar-refractivity contribution in [3.8, 4) is 0 Å². The van der Waals surface area contributed by atoms with Gasteiger partial charge in [0.15, 0.2) is 0 Å². The molecular formula is C18H29NO. The molecule has 1 unspecified atom stereocenters. The third-order valence-corrected chi connectivity index (χ3v) is 4.45. The minimum absolute atomic E-state index is 0.352. The van der Waals surface area contributed by atoms with Gasteiger partial charge < -0.3 is 10.0 Å². The van der Waals surface area contributed by atoms with E-state index in [2.05, 4.69) is 37.8 Å². The third kappa shape index (κ3) is 4.07. The highest BCUT2D eigenvalue weighted by Gasteiger charge is 2.18. The van der Waals surface area contributed by atoms with Crippen LogP contribution in [0.5, 0.6) is 0 Å². The fraction of sp³-hybridized carbons (Fsp3) is 0.667. The number of aliphatic hydroxyl groups excluding tert-OH is 1. The molecule has 1 aliphatic rings. The summed E-state index contributed by atoms with van der Waals surface area (Å²) in [6, 6.07) is 4.36. The molecule has 20 heavy (non-hydrogen) atoms. The standard InChI is InChI=1S/C18H29NO/c1-14-11-15(2)18(16(3)12-14)17(20)13-19-9-7-5-4-6-8-10-19/h11-12,17,20H,4-10,13H2,1-3H3. The zero-order valence-electron chi connectivity index (χ0n) is 13.3. The molecule has 0 aromatic heterocycles. The maximum Gasteiger partial charge on any atom is 0.0922 e. The fourth-order valence-corrected chi connectivity index (χ4v) is 3.55. The molecule has 0 aliphatic carbocycles. The Bertz CT molecular complexity index is 410. The summed E-state index contributed by atoms with van der Waals surface area (Å²) < 4.78 is 0.